The largest absolute Gasteiger partial charge is 0.478 e. The Labute approximate surface area is 178 Å². The molecule has 2 aromatic rings. The van der Waals surface area contributed by atoms with E-state index in [4.69, 9.17) is 5.11 Å². The molecule has 1 heterocycles. The van der Waals surface area contributed by atoms with E-state index in [-0.39, 0.29) is 24.1 Å². The summed E-state index contributed by atoms with van der Waals surface area (Å²) >= 11 is 0. The Bertz CT molecular complexity index is 959. The Morgan fingerprint density at radius 2 is 1.87 bits per heavy atom. The van der Waals surface area contributed by atoms with Gasteiger partial charge in [-0.2, -0.15) is 13.2 Å². The third-order valence-electron chi connectivity index (χ3n) is 5.91. The van der Waals surface area contributed by atoms with Crippen LogP contribution in [0.4, 0.5) is 13.2 Å². The molecule has 5 nitrogen and oxygen atoms in total. The summed E-state index contributed by atoms with van der Waals surface area (Å²) < 4.78 is 39.1. The molecule has 2 N–H and O–H groups in total. The van der Waals surface area contributed by atoms with Crippen LogP contribution in [0.2, 0.25) is 0 Å². The van der Waals surface area contributed by atoms with E-state index in [1.165, 1.54) is 18.2 Å². The fourth-order valence-corrected chi connectivity index (χ4v) is 3.95. The molecule has 1 unspecified atom stereocenters. The molecule has 1 aliphatic rings. The molecule has 3 rings (SSSR count). The van der Waals surface area contributed by atoms with E-state index >= 15 is 0 Å². The van der Waals surface area contributed by atoms with Crippen LogP contribution in [-0.2, 0) is 17.5 Å². The number of carboxylic acids is 1. The quantitative estimate of drug-likeness (QED) is 0.695. The molecular formula is C23H25F3N2O3. The van der Waals surface area contributed by atoms with Gasteiger partial charge in [0, 0.05) is 6.54 Å². The fraction of sp³-hybridized carbons (Fsp3) is 0.391. The van der Waals surface area contributed by atoms with E-state index in [0.717, 1.165) is 24.1 Å². The first-order chi connectivity index (χ1) is 14.5. The molecule has 0 saturated carbocycles. The van der Waals surface area contributed by atoms with Crippen LogP contribution >= 0.6 is 0 Å². The number of amides is 1. The monoisotopic (exact) mass is 434 g/mol. The molecule has 0 aromatic heterocycles. The second-order valence-corrected chi connectivity index (χ2v) is 8.12. The number of benzene rings is 2. The molecule has 1 amide bonds. The molecule has 31 heavy (non-hydrogen) atoms. The van der Waals surface area contributed by atoms with Crippen molar-refractivity contribution < 1.29 is 27.9 Å². The van der Waals surface area contributed by atoms with Crippen LogP contribution in [0.25, 0.3) is 0 Å². The number of carbonyl (C=O) groups excluding carboxylic acids is 1. The molecule has 2 aromatic carbocycles. The summed E-state index contributed by atoms with van der Waals surface area (Å²) in [6, 6.07) is 11.1. The lowest BCUT2D eigenvalue weighted by atomic mass is 9.95. The first-order valence-corrected chi connectivity index (χ1v) is 10.1. The van der Waals surface area contributed by atoms with E-state index in [2.05, 4.69) is 5.32 Å². The zero-order chi connectivity index (χ0) is 22.8. The molecule has 166 valence electrons. The van der Waals surface area contributed by atoms with Crippen molar-refractivity contribution in [3.05, 3.63) is 70.8 Å². The normalized spacial score (nSPS) is 20.4. The predicted molar refractivity (Wildman–Crippen MR) is 109 cm³/mol. The van der Waals surface area contributed by atoms with Gasteiger partial charge in [-0.15, -0.1) is 0 Å². The Hall–Kier alpha value is -2.87. The molecule has 0 radical (unpaired) electrons. The van der Waals surface area contributed by atoms with E-state index in [1.807, 2.05) is 18.7 Å². The molecule has 2 atom stereocenters. The molecule has 0 spiro atoms. The van der Waals surface area contributed by atoms with Crippen LogP contribution in [-0.4, -0.2) is 34.0 Å². The van der Waals surface area contributed by atoms with E-state index in [9.17, 15) is 22.8 Å². The molecule has 0 bridgehead atoms. The van der Waals surface area contributed by atoms with Crippen molar-refractivity contribution in [1.29, 1.82) is 0 Å². The van der Waals surface area contributed by atoms with Crippen LogP contribution in [0.15, 0.2) is 48.5 Å². The predicted octanol–water partition coefficient (Wildman–Crippen LogP) is 4.64. The average molecular weight is 434 g/mol. The van der Waals surface area contributed by atoms with Gasteiger partial charge in [0.05, 0.1) is 22.7 Å². The Balaban J connectivity index is 1.71. The van der Waals surface area contributed by atoms with Gasteiger partial charge in [0.15, 0.2) is 0 Å². The number of aromatic carboxylic acids is 1. The maximum absolute atomic E-state index is 13.1. The van der Waals surface area contributed by atoms with Gasteiger partial charge >= 0.3 is 12.1 Å². The number of halogens is 3. The molecular weight excluding hydrogens is 409 g/mol. The number of likely N-dealkylation sites (tertiary alicyclic amines) is 1. The van der Waals surface area contributed by atoms with Crippen molar-refractivity contribution in [2.75, 3.05) is 6.54 Å². The first kappa shape index (κ1) is 22.8. The lowest BCUT2D eigenvalue weighted by Crippen LogP contribution is -2.53. The van der Waals surface area contributed by atoms with Crippen molar-refractivity contribution in [1.82, 2.24) is 10.2 Å². The number of nitrogens with one attached hydrogen (secondary N) is 1. The standard InChI is InChI=1S/C23H25F3N2O3/c1-15(17-7-9-18(10-8-17)20(29)30)27-21(31)22(2)11-4-12-28(22)14-16-5-3-6-19(13-16)23(24,25)26/h3,5-10,13,15H,4,11-12,14H2,1-2H3,(H,27,31)(H,29,30)/t15-,22?/m0/s1. The fourth-order valence-electron chi connectivity index (χ4n) is 3.95. The molecule has 1 fully saturated rings. The minimum Gasteiger partial charge on any atom is -0.478 e. The molecule has 1 saturated heterocycles. The molecule has 1 aliphatic heterocycles. The van der Waals surface area contributed by atoms with E-state index < -0.39 is 23.2 Å². The lowest BCUT2D eigenvalue weighted by molar-refractivity contribution is -0.137. The number of carboxylic acid groups (broad SMARTS) is 1. The Morgan fingerprint density at radius 3 is 2.48 bits per heavy atom. The minimum atomic E-state index is -4.41. The highest BCUT2D eigenvalue weighted by Gasteiger charge is 2.43. The summed E-state index contributed by atoms with van der Waals surface area (Å²) in [5.74, 6) is -1.22. The highest BCUT2D eigenvalue weighted by molar-refractivity contribution is 5.88. The lowest BCUT2D eigenvalue weighted by Gasteiger charge is -2.35. The van der Waals surface area contributed by atoms with Gasteiger partial charge in [-0.3, -0.25) is 9.69 Å². The molecule has 0 aliphatic carbocycles. The van der Waals surface area contributed by atoms with Gasteiger partial charge in [-0.25, -0.2) is 4.79 Å². The number of nitrogens with zero attached hydrogens (tertiary/aromatic N) is 1. The van der Waals surface area contributed by atoms with Crippen molar-refractivity contribution in [2.24, 2.45) is 0 Å². The van der Waals surface area contributed by atoms with Gasteiger partial charge in [-0.05, 0) is 62.6 Å². The molecule has 8 heteroatoms. The number of carbonyl (C=O) groups is 2. The number of hydrogen-bond donors (Lipinski definition) is 2. The highest BCUT2D eigenvalue weighted by atomic mass is 19.4. The summed E-state index contributed by atoms with van der Waals surface area (Å²) in [4.78, 5) is 26.0. The third-order valence-corrected chi connectivity index (χ3v) is 5.91. The summed E-state index contributed by atoms with van der Waals surface area (Å²) in [5.41, 5.74) is -0.104. The van der Waals surface area contributed by atoms with Gasteiger partial charge in [0.25, 0.3) is 0 Å². The van der Waals surface area contributed by atoms with Gasteiger partial charge in [-0.1, -0.05) is 30.3 Å². The van der Waals surface area contributed by atoms with Crippen LogP contribution in [0.3, 0.4) is 0 Å². The van der Waals surface area contributed by atoms with E-state index in [1.54, 1.807) is 18.2 Å². The zero-order valence-corrected chi connectivity index (χ0v) is 17.4. The zero-order valence-electron chi connectivity index (χ0n) is 17.4. The smallest absolute Gasteiger partial charge is 0.416 e. The van der Waals surface area contributed by atoms with E-state index in [0.29, 0.717) is 18.5 Å². The number of rotatable bonds is 6. The summed E-state index contributed by atoms with van der Waals surface area (Å²) in [5, 5.41) is 12.0. The highest BCUT2D eigenvalue weighted by Crippen LogP contribution is 2.33. The maximum atomic E-state index is 13.1. The number of hydrogen-bond acceptors (Lipinski definition) is 3. The van der Waals surface area contributed by atoms with Gasteiger partial charge in [0.2, 0.25) is 5.91 Å². The van der Waals surface area contributed by atoms with Gasteiger partial charge in [0.1, 0.15) is 0 Å². The van der Waals surface area contributed by atoms with Crippen LogP contribution < -0.4 is 5.32 Å². The van der Waals surface area contributed by atoms with Crippen LogP contribution in [0.1, 0.15) is 59.8 Å². The van der Waals surface area contributed by atoms with Crippen molar-refractivity contribution in [3.63, 3.8) is 0 Å². The van der Waals surface area contributed by atoms with Crippen molar-refractivity contribution in [2.45, 2.75) is 51.0 Å². The van der Waals surface area contributed by atoms with Crippen molar-refractivity contribution >= 4 is 11.9 Å². The minimum absolute atomic E-state index is 0.164. The second kappa shape index (κ2) is 8.70. The third kappa shape index (κ3) is 5.07. The van der Waals surface area contributed by atoms with Gasteiger partial charge < -0.3 is 10.4 Å². The summed E-state index contributed by atoms with van der Waals surface area (Å²) in [7, 11) is 0. The SMILES string of the molecule is C[C@H](NC(=O)C1(C)CCCN1Cc1cccc(C(F)(F)F)c1)c1ccc(C(=O)O)cc1. The average Bonchev–Trinajstić information content (AvgIpc) is 3.09. The van der Waals surface area contributed by atoms with Crippen LogP contribution in [0, 0.1) is 0 Å². The topological polar surface area (TPSA) is 69.6 Å². The second-order valence-electron chi connectivity index (χ2n) is 8.12. The maximum Gasteiger partial charge on any atom is 0.416 e. The Kier molecular flexibility index (Phi) is 6.40. The summed E-state index contributed by atoms with van der Waals surface area (Å²) in [6.07, 6.45) is -3.04. The first-order valence-electron chi connectivity index (χ1n) is 10.1. The van der Waals surface area contributed by atoms with Crippen LogP contribution in [0.5, 0.6) is 0 Å². The number of alkyl halides is 3. The summed E-state index contributed by atoms with van der Waals surface area (Å²) in [6.45, 7) is 4.48. The Morgan fingerprint density at radius 1 is 1.19 bits per heavy atom. The van der Waals surface area contributed by atoms with Crippen molar-refractivity contribution in [3.8, 4) is 0 Å².